The molecular formula is C31H36N2O5S2. The lowest BCUT2D eigenvalue weighted by atomic mass is 10.1. The van der Waals surface area contributed by atoms with Crippen molar-refractivity contribution in [3.63, 3.8) is 0 Å². The molecule has 212 valence electrons. The third kappa shape index (κ3) is 7.02. The summed E-state index contributed by atoms with van der Waals surface area (Å²) in [6.07, 6.45) is 1.18. The van der Waals surface area contributed by atoms with E-state index in [-0.39, 0.29) is 23.9 Å². The Balaban J connectivity index is 1.57. The number of carbonyl (C=O) groups is 1. The molecule has 4 rings (SSSR count). The number of amides is 1. The number of sulfonamides is 1. The molecule has 0 fully saturated rings. The van der Waals surface area contributed by atoms with Gasteiger partial charge in [-0.15, -0.1) is 11.3 Å². The third-order valence-electron chi connectivity index (χ3n) is 6.76. The SMILES string of the molecule is CCCN(CC(=O)N(CCc1ccc(OC)c(OC)c1)Cc1ccc(C)s1)S(=O)(=O)c1ccc2ccccc2c1. The van der Waals surface area contributed by atoms with Crippen LogP contribution in [0.15, 0.2) is 77.7 Å². The molecule has 9 heteroatoms. The average molecular weight is 581 g/mol. The summed E-state index contributed by atoms with van der Waals surface area (Å²) < 4.78 is 39.5. The summed E-state index contributed by atoms with van der Waals surface area (Å²) in [5.74, 6) is 1.04. The van der Waals surface area contributed by atoms with E-state index in [1.807, 2.05) is 74.5 Å². The van der Waals surface area contributed by atoms with E-state index >= 15 is 0 Å². The highest BCUT2D eigenvalue weighted by molar-refractivity contribution is 7.89. The summed E-state index contributed by atoms with van der Waals surface area (Å²) in [5, 5.41) is 1.81. The number of fused-ring (bicyclic) bond motifs is 1. The molecule has 4 aromatic rings. The number of hydrogen-bond acceptors (Lipinski definition) is 6. The molecule has 0 saturated heterocycles. The van der Waals surface area contributed by atoms with Crippen LogP contribution in [0.1, 0.15) is 28.7 Å². The van der Waals surface area contributed by atoms with Crippen LogP contribution < -0.4 is 9.47 Å². The van der Waals surface area contributed by atoms with Gasteiger partial charge in [0.1, 0.15) is 0 Å². The van der Waals surface area contributed by atoms with Gasteiger partial charge < -0.3 is 14.4 Å². The number of benzene rings is 3. The molecular weight excluding hydrogens is 544 g/mol. The van der Waals surface area contributed by atoms with Gasteiger partial charge in [-0.1, -0.05) is 43.3 Å². The predicted molar refractivity (Wildman–Crippen MR) is 161 cm³/mol. The first-order chi connectivity index (χ1) is 19.2. The molecule has 0 spiro atoms. The molecule has 0 aliphatic carbocycles. The number of methoxy groups -OCH3 is 2. The summed E-state index contributed by atoms with van der Waals surface area (Å²) in [7, 11) is -0.693. The number of rotatable bonds is 13. The van der Waals surface area contributed by atoms with Crippen LogP contribution in [0, 0.1) is 6.92 Å². The molecule has 0 aliphatic heterocycles. The van der Waals surface area contributed by atoms with Gasteiger partial charge in [0.2, 0.25) is 15.9 Å². The first-order valence-corrected chi connectivity index (χ1v) is 15.5. The van der Waals surface area contributed by atoms with Crippen LogP contribution in [-0.4, -0.2) is 57.4 Å². The van der Waals surface area contributed by atoms with Crippen LogP contribution in [0.3, 0.4) is 0 Å². The Labute approximate surface area is 241 Å². The third-order valence-corrected chi connectivity index (χ3v) is 9.58. The lowest BCUT2D eigenvalue weighted by Crippen LogP contribution is -2.43. The number of hydrogen-bond donors (Lipinski definition) is 0. The Morgan fingerprint density at radius 2 is 1.62 bits per heavy atom. The molecule has 0 radical (unpaired) electrons. The Bertz CT molecular complexity index is 1570. The summed E-state index contributed by atoms with van der Waals surface area (Å²) in [6.45, 7) is 4.82. The van der Waals surface area contributed by atoms with Crippen LogP contribution in [0.4, 0.5) is 0 Å². The maximum Gasteiger partial charge on any atom is 0.243 e. The van der Waals surface area contributed by atoms with Gasteiger partial charge >= 0.3 is 0 Å². The second-order valence-electron chi connectivity index (χ2n) is 9.61. The number of aryl methyl sites for hydroxylation is 1. The van der Waals surface area contributed by atoms with E-state index in [0.29, 0.717) is 37.4 Å². The summed E-state index contributed by atoms with van der Waals surface area (Å²) in [4.78, 5) is 17.9. The van der Waals surface area contributed by atoms with E-state index < -0.39 is 10.0 Å². The zero-order chi connectivity index (χ0) is 28.7. The van der Waals surface area contributed by atoms with Crippen molar-refractivity contribution >= 4 is 38.0 Å². The van der Waals surface area contributed by atoms with Gasteiger partial charge in [0.25, 0.3) is 0 Å². The summed E-state index contributed by atoms with van der Waals surface area (Å²) in [6, 6.07) is 22.5. The maximum atomic E-state index is 13.8. The Morgan fingerprint density at radius 3 is 2.30 bits per heavy atom. The highest BCUT2D eigenvalue weighted by atomic mass is 32.2. The van der Waals surface area contributed by atoms with Crippen LogP contribution >= 0.6 is 11.3 Å². The van der Waals surface area contributed by atoms with Crippen LogP contribution in [0.5, 0.6) is 11.5 Å². The van der Waals surface area contributed by atoms with Crippen molar-refractivity contribution in [2.75, 3.05) is 33.9 Å². The van der Waals surface area contributed by atoms with Crippen molar-refractivity contribution in [1.82, 2.24) is 9.21 Å². The highest BCUT2D eigenvalue weighted by Crippen LogP contribution is 2.28. The van der Waals surface area contributed by atoms with E-state index in [1.165, 1.54) is 4.31 Å². The molecule has 7 nitrogen and oxygen atoms in total. The van der Waals surface area contributed by atoms with Crippen LogP contribution in [0.25, 0.3) is 10.8 Å². The molecule has 0 unspecified atom stereocenters. The highest BCUT2D eigenvalue weighted by Gasteiger charge is 2.28. The fraction of sp³-hybridized carbons (Fsp3) is 0.323. The predicted octanol–water partition coefficient (Wildman–Crippen LogP) is 5.90. The minimum atomic E-state index is -3.88. The van der Waals surface area contributed by atoms with Crippen molar-refractivity contribution in [3.05, 3.63) is 88.1 Å². The van der Waals surface area contributed by atoms with Crippen molar-refractivity contribution in [1.29, 1.82) is 0 Å². The van der Waals surface area contributed by atoms with E-state index in [9.17, 15) is 13.2 Å². The molecule has 0 aliphatic rings. The van der Waals surface area contributed by atoms with Crippen molar-refractivity contribution in [2.24, 2.45) is 0 Å². The van der Waals surface area contributed by atoms with Crippen LogP contribution in [-0.2, 0) is 27.8 Å². The minimum absolute atomic E-state index is 0.193. The summed E-state index contributed by atoms with van der Waals surface area (Å²) in [5.41, 5.74) is 0.993. The standard InChI is InChI=1S/C31H36N2O5S2/c1-5-17-33(40(35,36)28-14-12-25-8-6-7-9-26(25)20-28)22-31(34)32(21-27-13-10-23(2)39-27)18-16-24-11-15-29(37-3)30(19-24)38-4/h6-15,19-20H,5,16-18,21-22H2,1-4H3. The number of ether oxygens (including phenoxy) is 2. The van der Waals surface area contributed by atoms with Gasteiger partial charge in [0.05, 0.1) is 32.2 Å². The van der Waals surface area contributed by atoms with E-state index in [1.54, 1.807) is 42.6 Å². The fourth-order valence-electron chi connectivity index (χ4n) is 4.61. The van der Waals surface area contributed by atoms with E-state index in [0.717, 1.165) is 26.1 Å². The molecule has 1 amide bonds. The first kappa shape index (κ1) is 29.6. The molecule has 0 bridgehead atoms. The Morgan fingerprint density at radius 1 is 0.875 bits per heavy atom. The van der Waals surface area contributed by atoms with E-state index in [2.05, 4.69) is 0 Å². The monoisotopic (exact) mass is 580 g/mol. The molecule has 40 heavy (non-hydrogen) atoms. The molecule has 1 aromatic heterocycles. The number of carbonyl (C=O) groups excluding carboxylic acids is 1. The molecule has 3 aromatic carbocycles. The Kier molecular flexibility index (Phi) is 9.84. The molecule has 0 atom stereocenters. The number of thiophene rings is 1. The smallest absolute Gasteiger partial charge is 0.243 e. The van der Waals surface area contributed by atoms with Crippen molar-refractivity contribution in [2.45, 2.75) is 38.1 Å². The minimum Gasteiger partial charge on any atom is -0.493 e. The van der Waals surface area contributed by atoms with E-state index in [4.69, 9.17) is 9.47 Å². The summed E-state index contributed by atoms with van der Waals surface area (Å²) >= 11 is 1.64. The van der Waals surface area contributed by atoms with Crippen molar-refractivity contribution in [3.8, 4) is 11.5 Å². The van der Waals surface area contributed by atoms with Gasteiger partial charge in [-0.25, -0.2) is 8.42 Å². The average Bonchev–Trinajstić information content (AvgIpc) is 3.38. The van der Waals surface area contributed by atoms with Crippen LogP contribution in [0.2, 0.25) is 0 Å². The quantitative estimate of drug-likeness (QED) is 0.197. The molecule has 1 heterocycles. The van der Waals surface area contributed by atoms with Crippen molar-refractivity contribution < 1.29 is 22.7 Å². The maximum absolute atomic E-state index is 13.8. The second-order valence-corrected chi connectivity index (χ2v) is 12.9. The normalized spacial score (nSPS) is 11.6. The Hall–Kier alpha value is -3.40. The lowest BCUT2D eigenvalue weighted by Gasteiger charge is -2.27. The number of nitrogens with zero attached hydrogens (tertiary/aromatic N) is 2. The zero-order valence-electron chi connectivity index (χ0n) is 23.4. The van der Waals surface area contributed by atoms with Gasteiger partial charge in [0.15, 0.2) is 11.5 Å². The zero-order valence-corrected chi connectivity index (χ0v) is 25.1. The first-order valence-electron chi connectivity index (χ1n) is 13.3. The van der Waals surface area contributed by atoms with Gasteiger partial charge in [-0.05, 0) is 72.5 Å². The van der Waals surface area contributed by atoms with Gasteiger partial charge in [0, 0.05) is 22.8 Å². The van der Waals surface area contributed by atoms with Gasteiger partial charge in [-0.3, -0.25) is 4.79 Å². The molecule has 0 N–H and O–H groups in total. The topological polar surface area (TPSA) is 76.2 Å². The largest absolute Gasteiger partial charge is 0.493 e. The fourth-order valence-corrected chi connectivity index (χ4v) is 7.04. The van der Waals surface area contributed by atoms with Gasteiger partial charge in [-0.2, -0.15) is 4.31 Å². The lowest BCUT2D eigenvalue weighted by molar-refractivity contribution is -0.132. The molecule has 0 saturated carbocycles. The second kappa shape index (κ2) is 13.3.